The standard InChI is InChI=1S/C14H21N3O2/c1-10-9-17(7-5-12(10)18)14(19)11-4-6-15-13(8-11)16(2)3/h4,6,8,10,12,18H,5,7,9H2,1-3H3. The SMILES string of the molecule is CC1CN(C(=O)c2ccnc(N(C)C)c2)CCC1O. The zero-order valence-electron chi connectivity index (χ0n) is 11.7. The van der Waals surface area contributed by atoms with E-state index in [9.17, 15) is 9.90 Å². The Morgan fingerprint density at radius 2 is 2.26 bits per heavy atom. The Labute approximate surface area is 113 Å². The Morgan fingerprint density at radius 3 is 2.89 bits per heavy atom. The monoisotopic (exact) mass is 263 g/mol. The molecule has 2 heterocycles. The van der Waals surface area contributed by atoms with Gasteiger partial charge < -0.3 is 14.9 Å². The minimum atomic E-state index is -0.293. The van der Waals surface area contributed by atoms with E-state index in [4.69, 9.17) is 0 Å². The van der Waals surface area contributed by atoms with Crippen molar-refractivity contribution in [2.75, 3.05) is 32.1 Å². The summed E-state index contributed by atoms with van der Waals surface area (Å²) in [6, 6.07) is 3.54. The molecule has 2 unspecified atom stereocenters. The second-order valence-electron chi connectivity index (χ2n) is 5.38. The first-order valence-corrected chi connectivity index (χ1v) is 6.59. The number of carbonyl (C=O) groups excluding carboxylic acids is 1. The van der Waals surface area contributed by atoms with E-state index in [1.165, 1.54) is 0 Å². The van der Waals surface area contributed by atoms with Gasteiger partial charge in [0.15, 0.2) is 0 Å². The predicted octanol–water partition coefficient (Wildman–Crippen LogP) is 0.990. The van der Waals surface area contributed by atoms with Crippen molar-refractivity contribution in [2.45, 2.75) is 19.4 Å². The lowest BCUT2D eigenvalue weighted by molar-refractivity contribution is 0.0297. The largest absolute Gasteiger partial charge is 0.393 e. The third kappa shape index (κ3) is 3.04. The molecule has 5 heteroatoms. The number of rotatable bonds is 2. The average Bonchev–Trinajstić information content (AvgIpc) is 2.41. The van der Waals surface area contributed by atoms with Crippen molar-refractivity contribution in [3.63, 3.8) is 0 Å². The normalized spacial score (nSPS) is 23.3. The quantitative estimate of drug-likeness (QED) is 0.864. The van der Waals surface area contributed by atoms with E-state index in [-0.39, 0.29) is 17.9 Å². The summed E-state index contributed by atoms with van der Waals surface area (Å²) in [5, 5.41) is 9.71. The summed E-state index contributed by atoms with van der Waals surface area (Å²) in [7, 11) is 3.80. The van der Waals surface area contributed by atoms with E-state index in [1.807, 2.05) is 30.8 Å². The van der Waals surface area contributed by atoms with Crippen LogP contribution in [0.4, 0.5) is 5.82 Å². The summed E-state index contributed by atoms with van der Waals surface area (Å²) in [6.45, 7) is 3.20. The highest BCUT2D eigenvalue weighted by Crippen LogP contribution is 2.19. The van der Waals surface area contributed by atoms with Crippen LogP contribution in [-0.2, 0) is 0 Å². The van der Waals surface area contributed by atoms with E-state index in [0.717, 1.165) is 5.82 Å². The molecule has 5 nitrogen and oxygen atoms in total. The molecule has 1 aromatic rings. The molecule has 2 rings (SSSR count). The van der Waals surface area contributed by atoms with Crippen molar-refractivity contribution in [1.29, 1.82) is 0 Å². The van der Waals surface area contributed by atoms with E-state index < -0.39 is 0 Å². The topological polar surface area (TPSA) is 56.7 Å². The third-order valence-corrected chi connectivity index (χ3v) is 3.60. The molecule has 1 amide bonds. The van der Waals surface area contributed by atoms with Crippen molar-refractivity contribution < 1.29 is 9.90 Å². The number of hydrogen-bond donors (Lipinski definition) is 1. The first-order valence-electron chi connectivity index (χ1n) is 6.59. The highest BCUT2D eigenvalue weighted by molar-refractivity contribution is 5.94. The van der Waals surface area contributed by atoms with Gasteiger partial charge in [-0.25, -0.2) is 4.98 Å². The number of carbonyl (C=O) groups is 1. The first-order chi connectivity index (χ1) is 8.99. The molecule has 1 saturated heterocycles. The summed E-state index contributed by atoms with van der Waals surface area (Å²) in [5.41, 5.74) is 0.655. The molecular weight excluding hydrogens is 242 g/mol. The fourth-order valence-electron chi connectivity index (χ4n) is 2.30. The van der Waals surface area contributed by atoms with Gasteiger partial charge in [-0.05, 0) is 24.5 Å². The number of aliphatic hydroxyl groups excluding tert-OH is 1. The van der Waals surface area contributed by atoms with Gasteiger partial charge in [0.1, 0.15) is 5.82 Å². The van der Waals surface area contributed by atoms with Crippen molar-refractivity contribution in [3.05, 3.63) is 23.9 Å². The van der Waals surface area contributed by atoms with Crippen LogP contribution in [0.5, 0.6) is 0 Å². The predicted molar refractivity (Wildman–Crippen MR) is 74.3 cm³/mol. The molecule has 0 saturated carbocycles. The second-order valence-corrected chi connectivity index (χ2v) is 5.38. The molecule has 1 aliphatic rings. The van der Waals surface area contributed by atoms with Crippen molar-refractivity contribution in [1.82, 2.24) is 9.88 Å². The Morgan fingerprint density at radius 1 is 1.53 bits per heavy atom. The van der Waals surface area contributed by atoms with Gasteiger partial charge in [-0.2, -0.15) is 0 Å². The van der Waals surface area contributed by atoms with Gasteiger partial charge in [0.05, 0.1) is 6.10 Å². The summed E-state index contributed by atoms with van der Waals surface area (Å²) in [4.78, 5) is 20.3. The highest BCUT2D eigenvalue weighted by Gasteiger charge is 2.27. The number of amides is 1. The third-order valence-electron chi connectivity index (χ3n) is 3.60. The number of nitrogens with zero attached hydrogens (tertiary/aromatic N) is 3. The molecule has 19 heavy (non-hydrogen) atoms. The van der Waals surface area contributed by atoms with E-state index >= 15 is 0 Å². The van der Waals surface area contributed by atoms with Crippen LogP contribution < -0.4 is 4.90 Å². The lowest BCUT2D eigenvalue weighted by Gasteiger charge is -2.34. The Hall–Kier alpha value is -1.62. The Bertz CT molecular complexity index is 462. The highest BCUT2D eigenvalue weighted by atomic mass is 16.3. The second kappa shape index (κ2) is 5.57. The van der Waals surface area contributed by atoms with E-state index in [2.05, 4.69) is 4.98 Å². The molecule has 1 aromatic heterocycles. The van der Waals surface area contributed by atoms with Crippen LogP contribution in [0.3, 0.4) is 0 Å². The lowest BCUT2D eigenvalue weighted by Crippen LogP contribution is -2.45. The van der Waals surface area contributed by atoms with Crippen molar-refractivity contribution in [2.24, 2.45) is 5.92 Å². The van der Waals surface area contributed by atoms with Crippen LogP contribution in [0.1, 0.15) is 23.7 Å². The molecule has 0 aliphatic carbocycles. The summed E-state index contributed by atoms with van der Waals surface area (Å²) in [5.74, 6) is 0.924. The van der Waals surface area contributed by atoms with Crippen LogP contribution in [0.25, 0.3) is 0 Å². The summed E-state index contributed by atoms with van der Waals surface area (Å²) < 4.78 is 0. The van der Waals surface area contributed by atoms with Crippen LogP contribution in [0.2, 0.25) is 0 Å². The van der Waals surface area contributed by atoms with Crippen molar-refractivity contribution in [3.8, 4) is 0 Å². The van der Waals surface area contributed by atoms with Crippen LogP contribution in [0.15, 0.2) is 18.3 Å². The molecule has 0 bridgehead atoms. The molecule has 1 N–H and O–H groups in total. The Kier molecular flexibility index (Phi) is 4.04. The maximum absolute atomic E-state index is 12.4. The maximum Gasteiger partial charge on any atom is 0.254 e. The van der Waals surface area contributed by atoms with Gasteiger partial charge in [0, 0.05) is 38.9 Å². The smallest absolute Gasteiger partial charge is 0.254 e. The zero-order valence-corrected chi connectivity index (χ0v) is 11.7. The fraction of sp³-hybridized carbons (Fsp3) is 0.571. The average molecular weight is 263 g/mol. The van der Waals surface area contributed by atoms with E-state index in [0.29, 0.717) is 25.1 Å². The van der Waals surface area contributed by atoms with Crippen LogP contribution >= 0.6 is 0 Å². The molecule has 0 spiro atoms. The lowest BCUT2D eigenvalue weighted by atomic mass is 9.96. The number of likely N-dealkylation sites (tertiary alicyclic amines) is 1. The van der Waals surface area contributed by atoms with Crippen LogP contribution in [-0.4, -0.2) is 54.2 Å². The molecule has 0 radical (unpaired) electrons. The molecule has 1 aliphatic heterocycles. The number of anilines is 1. The van der Waals surface area contributed by atoms with Gasteiger partial charge in [0.25, 0.3) is 5.91 Å². The van der Waals surface area contributed by atoms with Crippen LogP contribution in [0, 0.1) is 5.92 Å². The minimum absolute atomic E-state index is 0.0178. The number of hydrogen-bond acceptors (Lipinski definition) is 4. The molecule has 0 aromatic carbocycles. The van der Waals surface area contributed by atoms with Gasteiger partial charge in [-0.15, -0.1) is 0 Å². The van der Waals surface area contributed by atoms with Gasteiger partial charge >= 0.3 is 0 Å². The number of pyridine rings is 1. The van der Waals surface area contributed by atoms with Crippen molar-refractivity contribution >= 4 is 11.7 Å². The number of aliphatic hydroxyl groups is 1. The molecular formula is C14H21N3O2. The summed E-state index contributed by atoms with van der Waals surface area (Å²) in [6.07, 6.45) is 2.02. The minimum Gasteiger partial charge on any atom is -0.393 e. The van der Waals surface area contributed by atoms with E-state index in [1.54, 1.807) is 18.3 Å². The molecule has 104 valence electrons. The Balaban J connectivity index is 2.13. The number of piperidine rings is 1. The molecule has 1 fully saturated rings. The maximum atomic E-state index is 12.4. The zero-order chi connectivity index (χ0) is 14.0. The van der Waals surface area contributed by atoms with Gasteiger partial charge in [-0.1, -0.05) is 6.92 Å². The number of aromatic nitrogens is 1. The van der Waals surface area contributed by atoms with Gasteiger partial charge in [-0.3, -0.25) is 4.79 Å². The summed E-state index contributed by atoms with van der Waals surface area (Å²) >= 11 is 0. The fourth-order valence-corrected chi connectivity index (χ4v) is 2.30. The molecule has 2 atom stereocenters. The van der Waals surface area contributed by atoms with Gasteiger partial charge in [0.2, 0.25) is 0 Å². The first kappa shape index (κ1) is 13.8.